The van der Waals surface area contributed by atoms with Crippen LogP contribution in [-0.4, -0.2) is 73.8 Å². The Labute approximate surface area is 152 Å². The molecular weight excluding hydrogens is 320 g/mol. The molecule has 6 heteroatoms. The highest BCUT2D eigenvalue weighted by atomic mass is 32.2. The van der Waals surface area contributed by atoms with Crippen molar-refractivity contribution < 1.29 is 4.74 Å². The average molecular weight is 357 g/mol. The highest BCUT2D eigenvalue weighted by molar-refractivity contribution is 7.99. The molecule has 2 rings (SSSR count). The lowest BCUT2D eigenvalue weighted by Crippen LogP contribution is -2.56. The van der Waals surface area contributed by atoms with Crippen LogP contribution >= 0.6 is 11.8 Å². The molecule has 0 radical (unpaired) electrons. The summed E-state index contributed by atoms with van der Waals surface area (Å²) in [6.07, 6.45) is 6.39. The first-order valence-corrected chi connectivity index (χ1v) is 10.9. The van der Waals surface area contributed by atoms with E-state index in [2.05, 4.69) is 41.1 Å². The Hall–Kier alpha value is -0.460. The molecule has 24 heavy (non-hydrogen) atoms. The molecule has 0 aliphatic carbocycles. The third kappa shape index (κ3) is 6.12. The number of thioether (sulfide) groups is 1. The van der Waals surface area contributed by atoms with E-state index in [0.717, 1.165) is 51.9 Å². The number of nitrogens with zero attached hydrogens (tertiary/aromatic N) is 2. The summed E-state index contributed by atoms with van der Waals surface area (Å²) in [5.74, 6) is 3.44. The molecular formula is C18H36N4OS. The van der Waals surface area contributed by atoms with Gasteiger partial charge in [-0.05, 0) is 25.5 Å². The van der Waals surface area contributed by atoms with E-state index in [-0.39, 0.29) is 5.54 Å². The van der Waals surface area contributed by atoms with Crippen LogP contribution in [0.15, 0.2) is 4.99 Å². The Morgan fingerprint density at radius 1 is 1.17 bits per heavy atom. The van der Waals surface area contributed by atoms with E-state index < -0.39 is 0 Å². The van der Waals surface area contributed by atoms with E-state index in [1.54, 1.807) is 0 Å². The lowest BCUT2D eigenvalue weighted by molar-refractivity contribution is -0.0104. The highest BCUT2D eigenvalue weighted by Gasteiger charge is 2.40. The van der Waals surface area contributed by atoms with Gasteiger partial charge in [0.2, 0.25) is 0 Å². The highest BCUT2D eigenvalue weighted by Crippen LogP contribution is 2.34. The molecule has 0 aromatic carbocycles. The van der Waals surface area contributed by atoms with Crippen molar-refractivity contribution in [2.45, 2.75) is 51.5 Å². The van der Waals surface area contributed by atoms with E-state index in [1.165, 1.54) is 43.6 Å². The molecule has 0 aromatic rings. The molecule has 0 bridgehead atoms. The first-order valence-electron chi connectivity index (χ1n) is 9.73. The number of unbranched alkanes of at least 4 members (excludes halogenated alkanes) is 3. The number of guanidine groups is 1. The van der Waals surface area contributed by atoms with Crippen molar-refractivity contribution in [1.82, 2.24) is 15.5 Å². The summed E-state index contributed by atoms with van der Waals surface area (Å²) in [6, 6.07) is 0. The van der Waals surface area contributed by atoms with Crippen molar-refractivity contribution in [1.29, 1.82) is 0 Å². The van der Waals surface area contributed by atoms with Crippen molar-refractivity contribution in [2.24, 2.45) is 4.99 Å². The zero-order valence-electron chi connectivity index (χ0n) is 15.6. The fraction of sp³-hybridized carbons (Fsp3) is 0.944. The molecule has 2 saturated heterocycles. The van der Waals surface area contributed by atoms with E-state index in [9.17, 15) is 0 Å². The lowest BCUT2D eigenvalue weighted by Gasteiger charge is -2.42. The number of hydrogen-bond donors (Lipinski definition) is 2. The topological polar surface area (TPSA) is 48.9 Å². The molecule has 0 saturated carbocycles. The summed E-state index contributed by atoms with van der Waals surface area (Å²) < 4.78 is 5.54. The molecule has 2 heterocycles. The fourth-order valence-electron chi connectivity index (χ4n) is 3.43. The van der Waals surface area contributed by atoms with E-state index in [1.807, 2.05) is 0 Å². The van der Waals surface area contributed by atoms with Gasteiger partial charge in [0.15, 0.2) is 5.96 Å². The quantitative estimate of drug-likeness (QED) is 0.377. The van der Waals surface area contributed by atoms with Gasteiger partial charge in [0, 0.05) is 31.9 Å². The third-order valence-electron chi connectivity index (χ3n) is 4.96. The molecule has 140 valence electrons. The minimum Gasteiger partial charge on any atom is -0.379 e. The van der Waals surface area contributed by atoms with E-state index >= 15 is 0 Å². The summed E-state index contributed by atoms with van der Waals surface area (Å²) in [5.41, 5.74) is 0.235. The van der Waals surface area contributed by atoms with Gasteiger partial charge in [-0.15, -0.1) is 0 Å². The van der Waals surface area contributed by atoms with Crippen molar-refractivity contribution >= 4 is 17.7 Å². The largest absolute Gasteiger partial charge is 0.379 e. The third-order valence-corrected chi connectivity index (χ3v) is 6.20. The fourth-order valence-corrected chi connectivity index (χ4v) is 4.90. The SMILES string of the molecule is CCCCCCNC(=NCC1(N2CCOCC2)CCSC1)NCC. The molecule has 2 aliphatic rings. The minimum atomic E-state index is 0.235. The van der Waals surface area contributed by atoms with Crippen LogP contribution in [0.4, 0.5) is 0 Å². The van der Waals surface area contributed by atoms with Gasteiger partial charge in [0.05, 0.1) is 25.3 Å². The van der Waals surface area contributed by atoms with Gasteiger partial charge in [0.25, 0.3) is 0 Å². The van der Waals surface area contributed by atoms with Gasteiger partial charge in [-0.3, -0.25) is 9.89 Å². The normalized spacial score (nSPS) is 25.8. The van der Waals surface area contributed by atoms with Crippen LogP contribution < -0.4 is 10.6 Å². The summed E-state index contributed by atoms with van der Waals surface area (Å²) >= 11 is 2.07. The monoisotopic (exact) mass is 356 g/mol. The molecule has 2 N–H and O–H groups in total. The molecule has 2 aliphatic heterocycles. The summed E-state index contributed by atoms with van der Waals surface area (Å²) in [4.78, 5) is 7.59. The first kappa shape index (κ1) is 19.9. The second-order valence-electron chi connectivity index (χ2n) is 6.81. The van der Waals surface area contributed by atoms with E-state index in [0.29, 0.717) is 0 Å². The van der Waals surface area contributed by atoms with Gasteiger partial charge in [-0.25, -0.2) is 0 Å². The van der Waals surface area contributed by atoms with E-state index in [4.69, 9.17) is 9.73 Å². The van der Waals surface area contributed by atoms with Crippen molar-refractivity contribution in [3.63, 3.8) is 0 Å². The molecule has 1 atom stereocenters. The minimum absolute atomic E-state index is 0.235. The number of hydrogen-bond acceptors (Lipinski definition) is 4. The van der Waals surface area contributed by atoms with Crippen LogP contribution in [0.3, 0.4) is 0 Å². The lowest BCUT2D eigenvalue weighted by atomic mass is 9.96. The second-order valence-corrected chi connectivity index (χ2v) is 7.91. The predicted molar refractivity (Wildman–Crippen MR) is 105 cm³/mol. The number of morpholine rings is 1. The summed E-state index contributed by atoms with van der Waals surface area (Å²) in [7, 11) is 0. The van der Waals surface area contributed by atoms with Crippen LogP contribution in [0.5, 0.6) is 0 Å². The van der Waals surface area contributed by atoms with Crippen LogP contribution in [0, 0.1) is 0 Å². The Balaban J connectivity index is 1.88. The Morgan fingerprint density at radius 2 is 2.00 bits per heavy atom. The molecule has 5 nitrogen and oxygen atoms in total. The summed E-state index contributed by atoms with van der Waals surface area (Å²) in [6.45, 7) is 11.1. The van der Waals surface area contributed by atoms with Crippen LogP contribution in [-0.2, 0) is 4.74 Å². The zero-order valence-corrected chi connectivity index (χ0v) is 16.4. The van der Waals surface area contributed by atoms with Gasteiger partial charge in [-0.2, -0.15) is 11.8 Å². The van der Waals surface area contributed by atoms with Crippen molar-refractivity contribution in [3.8, 4) is 0 Å². The molecule has 0 amide bonds. The Morgan fingerprint density at radius 3 is 2.67 bits per heavy atom. The van der Waals surface area contributed by atoms with Gasteiger partial charge in [-0.1, -0.05) is 26.2 Å². The number of nitrogens with one attached hydrogen (secondary N) is 2. The molecule has 2 fully saturated rings. The second kappa shape index (κ2) is 11.2. The Bertz CT molecular complexity index is 366. The zero-order chi connectivity index (χ0) is 17.1. The molecule has 0 spiro atoms. The van der Waals surface area contributed by atoms with Gasteiger partial charge >= 0.3 is 0 Å². The number of ether oxygens (including phenoxy) is 1. The molecule has 0 aromatic heterocycles. The van der Waals surface area contributed by atoms with Gasteiger partial charge < -0.3 is 15.4 Å². The Kier molecular flexibility index (Phi) is 9.28. The standard InChI is InChI=1S/C18H36N4OS/c1-3-5-6-7-9-20-17(19-4-2)21-15-18(8-14-24-16-18)22-10-12-23-13-11-22/h3-16H2,1-2H3,(H2,19,20,21). The van der Waals surface area contributed by atoms with Crippen LogP contribution in [0.25, 0.3) is 0 Å². The van der Waals surface area contributed by atoms with Gasteiger partial charge in [0.1, 0.15) is 0 Å². The van der Waals surface area contributed by atoms with Crippen LogP contribution in [0.2, 0.25) is 0 Å². The maximum absolute atomic E-state index is 5.54. The van der Waals surface area contributed by atoms with Crippen LogP contribution in [0.1, 0.15) is 46.0 Å². The maximum atomic E-state index is 5.54. The number of rotatable bonds is 9. The molecule has 1 unspecified atom stereocenters. The van der Waals surface area contributed by atoms with Crippen molar-refractivity contribution in [3.05, 3.63) is 0 Å². The number of aliphatic imine (C=N–C) groups is 1. The average Bonchev–Trinajstić information content (AvgIpc) is 3.10. The summed E-state index contributed by atoms with van der Waals surface area (Å²) in [5, 5.41) is 6.92. The smallest absolute Gasteiger partial charge is 0.191 e. The first-order chi connectivity index (χ1) is 11.8. The maximum Gasteiger partial charge on any atom is 0.191 e. The predicted octanol–water partition coefficient (Wildman–Crippen LogP) is 2.33. The van der Waals surface area contributed by atoms with Crippen molar-refractivity contribution in [2.75, 3.05) is 57.4 Å².